The number of benzene rings is 3. The SMILES string of the molecule is COc1ccc(/C=N/NC(=O)CN(Cc2ccc(C)cc2)S(=O)(=O)c2c(C)cc(C)cc2C)c(OC)c1OC. The van der Waals surface area contributed by atoms with E-state index in [2.05, 4.69) is 10.5 Å². The van der Waals surface area contributed by atoms with Crippen molar-refractivity contribution in [3.8, 4) is 17.2 Å². The lowest BCUT2D eigenvalue weighted by Gasteiger charge is -2.24. The maximum Gasteiger partial charge on any atom is 0.255 e. The van der Waals surface area contributed by atoms with E-state index in [1.54, 1.807) is 26.0 Å². The van der Waals surface area contributed by atoms with Crippen LogP contribution in [0, 0.1) is 27.7 Å². The van der Waals surface area contributed by atoms with Gasteiger partial charge in [-0.1, -0.05) is 47.5 Å². The van der Waals surface area contributed by atoms with Gasteiger partial charge < -0.3 is 14.2 Å². The van der Waals surface area contributed by atoms with E-state index in [4.69, 9.17) is 14.2 Å². The lowest BCUT2D eigenvalue weighted by atomic mass is 10.1. The Hall–Kier alpha value is -3.89. The Bertz CT molecular complexity index is 1440. The lowest BCUT2D eigenvalue weighted by molar-refractivity contribution is -0.121. The Labute approximate surface area is 230 Å². The summed E-state index contributed by atoms with van der Waals surface area (Å²) in [6.07, 6.45) is 1.39. The van der Waals surface area contributed by atoms with Gasteiger partial charge in [-0.25, -0.2) is 13.8 Å². The van der Waals surface area contributed by atoms with E-state index in [0.29, 0.717) is 33.9 Å². The van der Waals surface area contributed by atoms with Crippen molar-refractivity contribution in [2.45, 2.75) is 39.1 Å². The van der Waals surface area contributed by atoms with Crippen LogP contribution in [0.15, 0.2) is 58.5 Å². The fourth-order valence-corrected chi connectivity index (χ4v) is 6.22. The highest BCUT2D eigenvalue weighted by molar-refractivity contribution is 7.89. The van der Waals surface area contributed by atoms with Crippen molar-refractivity contribution in [2.24, 2.45) is 5.10 Å². The minimum atomic E-state index is -4.02. The number of sulfonamides is 1. The zero-order chi connectivity index (χ0) is 28.7. The molecule has 0 aromatic heterocycles. The van der Waals surface area contributed by atoms with Crippen molar-refractivity contribution in [3.63, 3.8) is 0 Å². The summed E-state index contributed by atoms with van der Waals surface area (Å²) >= 11 is 0. The van der Waals surface area contributed by atoms with E-state index in [0.717, 1.165) is 16.7 Å². The fraction of sp³-hybridized carbons (Fsp3) is 0.310. The average molecular weight is 554 g/mol. The lowest BCUT2D eigenvalue weighted by Crippen LogP contribution is -2.39. The summed E-state index contributed by atoms with van der Waals surface area (Å²) < 4.78 is 45.0. The number of ether oxygens (including phenoxy) is 3. The van der Waals surface area contributed by atoms with Gasteiger partial charge in [-0.15, -0.1) is 0 Å². The number of carbonyl (C=O) groups excluding carboxylic acids is 1. The molecule has 1 amide bonds. The second-order valence-corrected chi connectivity index (χ2v) is 11.1. The minimum Gasteiger partial charge on any atom is -0.493 e. The van der Waals surface area contributed by atoms with Gasteiger partial charge in [0.1, 0.15) is 0 Å². The number of aryl methyl sites for hydroxylation is 4. The Morgan fingerprint density at radius 1 is 0.872 bits per heavy atom. The number of nitrogens with zero attached hydrogens (tertiary/aromatic N) is 2. The highest BCUT2D eigenvalue weighted by Crippen LogP contribution is 2.39. The second kappa shape index (κ2) is 12.8. The topological polar surface area (TPSA) is 107 Å². The zero-order valence-electron chi connectivity index (χ0n) is 23.4. The van der Waals surface area contributed by atoms with Crippen LogP contribution in [0.4, 0.5) is 0 Å². The molecule has 3 rings (SSSR count). The van der Waals surface area contributed by atoms with Gasteiger partial charge in [0.25, 0.3) is 5.91 Å². The summed E-state index contributed by atoms with van der Waals surface area (Å²) in [4.78, 5) is 13.2. The molecule has 9 nitrogen and oxygen atoms in total. The summed E-state index contributed by atoms with van der Waals surface area (Å²) in [7, 11) is 0.470. The van der Waals surface area contributed by atoms with Crippen LogP contribution in [0.1, 0.15) is 33.4 Å². The molecule has 3 aromatic carbocycles. The zero-order valence-corrected chi connectivity index (χ0v) is 24.2. The molecule has 0 spiro atoms. The van der Waals surface area contributed by atoms with Crippen molar-refractivity contribution in [1.29, 1.82) is 0 Å². The van der Waals surface area contributed by atoms with E-state index in [1.165, 1.54) is 31.8 Å². The second-order valence-electron chi connectivity index (χ2n) is 9.20. The number of nitrogens with one attached hydrogen (secondary N) is 1. The normalized spacial score (nSPS) is 11.6. The third-order valence-electron chi connectivity index (χ3n) is 6.13. The number of rotatable bonds is 11. The highest BCUT2D eigenvalue weighted by atomic mass is 32.2. The standard InChI is InChI=1S/C29H35N3O6S/c1-19-8-10-23(11-9-19)17-32(39(34,35)29-21(3)14-20(2)15-22(29)4)18-26(33)31-30-16-24-12-13-25(36-5)28(38-7)27(24)37-6/h8-16H,17-18H2,1-7H3,(H,31,33)/b30-16+. The molecular formula is C29H35N3O6S. The molecule has 208 valence electrons. The van der Waals surface area contributed by atoms with Crippen LogP contribution in [0.25, 0.3) is 0 Å². The van der Waals surface area contributed by atoms with E-state index in [9.17, 15) is 13.2 Å². The van der Waals surface area contributed by atoms with E-state index in [1.807, 2.05) is 50.2 Å². The number of hydrazone groups is 1. The van der Waals surface area contributed by atoms with Crippen molar-refractivity contribution >= 4 is 22.1 Å². The number of hydrogen-bond acceptors (Lipinski definition) is 7. The quantitative estimate of drug-likeness (QED) is 0.281. The van der Waals surface area contributed by atoms with Crippen LogP contribution in [-0.4, -0.2) is 52.7 Å². The van der Waals surface area contributed by atoms with Crippen molar-refractivity contribution < 1.29 is 27.4 Å². The smallest absolute Gasteiger partial charge is 0.255 e. The molecule has 0 heterocycles. The first-order valence-electron chi connectivity index (χ1n) is 12.3. The molecule has 0 bridgehead atoms. The monoisotopic (exact) mass is 553 g/mol. The predicted octanol–water partition coefficient (Wildman–Crippen LogP) is 4.29. The first-order valence-corrected chi connectivity index (χ1v) is 13.7. The van der Waals surface area contributed by atoms with Gasteiger partial charge >= 0.3 is 0 Å². The summed E-state index contributed by atoms with van der Waals surface area (Å²) in [5.41, 5.74) is 6.99. The van der Waals surface area contributed by atoms with Crippen LogP contribution in [0.2, 0.25) is 0 Å². The molecule has 0 radical (unpaired) electrons. The summed E-state index contributed by atoms with van der Waals surface area (Å²) in [6.45, 7) is 6.99. The first-order chi connectivity index (χ1) is 18.5. The molecule has 0 unspecified atom stereocenters. The highest BCUT2D eigenvalue weighted by Gasteiger charge is 2.30. The molecule has 0 saturated heterocycles. The molecule has 0 saturated carbocycles. The number of methoxy groups -OCH3 is 3. The van der Waals surface area contributed by atoms with Crippen molar-refractivity contribution in [2.75, 3.05) is 27.9 Å². The number of amides is 1. The van der Waals surface area contributed by atoms with Gasteiger partial charge in [-0.2, -0.15) is 9.41 Å². The Balaban J connectivity index is 1.89. The molecule has 10 heteroatoms. The number of hydrogen-bond donors (Lipinski definition) is 1. The van der Waals surface area contributed by atoms with Crippen molar-refractivity contribution in [3.05, 3.63) is 81.9 Å². The maximum atomic E-state index is 13.9. The molecule has 1 N–H and O–H groups in total. The van der Waals surface area contributed by atoms with Crippen LogP contribution in [0.5, 0.6) is 17.2 Å². The third-order valence-corrected chi connectivity index (χ3v) is 8.23. The summed E-state index contributed by atoms with van der Waals surface area (Å²) in [5.74, 6) is 0.649. The fourth-order valence-electron chi connectivity index (χ4n) is 4.42. The van der Waals surface area contributed by atoms with E-state index in [-0.39, 0.29) is 11.4 Å². The van der Waals surface area contributed by atoms with Gasteiger partial charge in [-0.05, 0) is 56.5 Å². The van der Waals surface area contributed by atoms with Crippen LogP contribution in [-0.2, 0) is 21.4 Å². The summed E-state index contributed by atoms with van der Waals surface area (Å²) in [5, 5.41) is 4.03. The average Bonchev–Trinajstić information content (AvgIpc) is 2.88. The largest absolute Gasteiger partial charge is 0.493 e. The van der Waals surface area contributed by atoms with E-state index < -0.39 is 22.5 Å². The van der Waals surface area contributed by atoms with Crippen LogP contribution in [0.3, 0.4) is 0 Å². The predicted molar refractivity (Wildman–Crippen MR) is 151 cm³/mol. The van der Waals surface area contributed by atoms with Gasteiger partial charge in [0.05, 0.1) is 39.0 Å². The summed E-state index contributed by atoms with van der Waals surface area (Å²) in [6, 6.07) is 14.6. The molecule has 0 atom stereocenters. The maximum absolute atomic E-state index is 13.9. The third kappa shape index (κ3) is 6.96. The number of carbonyl (C=O) groups is 1. The van der Waals surface area contributed by atoms with Gasteiger partial charge in [0.2, 0.25) is 15.8 Å². The molecular weight excluding hydrogens is 518 g/mol. The van der Waals surface area contributed by atoms with E-state index >= 15 is 0 Å². The molecule has 3 aromatic rings. The minimum absolute atomic E-state index is 0.0238. The Morgan fingerprint density at radius 2 is 1.49 bits per heavy atom. The first kappa shape index (κ1) is 29.7. The Kier molecular flexibility index (Phi) is 9.71. The molecule has 0 aliphatic heterocycles. The van der Waals surface area contributed by atoms with Crippen molar-refractivity contribution in [1.82, 2.24) is 9.73 Å². The molecule has 0 aliphatic rings. The van der Waals surface area contributed by atoms with Gasteiger partial charge in [0.15, 0.2) is 11.5 Å². The van der Waals surface area contributed by atoms with Crippen LogP contribution < -0.4 is 19.6 Å². The molecule has 0 aliphatic carbocycles. The molecule has 39 heavy (non-hydrogen) atoms. The van der Waals surface area contributed by atoms with Gasteiger partial charge in [0, 0.05) is 12.1 Å². The Morgan fingerprint density at radius 3 is 2.05 bits per heavy atom. The van der Waals surface area contributed by atoms with Gasteiger partial charge in [-0.3, -0.25) is 4.79 Å². The molecule has 0 fully saturated rings. The van der Waals surface area contributed by atoms with Crippen LogP contribution >= 0.6 is 0 Å².